The number of aliphatic hydroxyl groups is 1. The number of para-hydroxylation sites is 1. The highest BCUT2D eigenvalue weighted by Gasteiger charge is 2.03. The molecule has 19 heavy (non-hydrogen) atoms. The molecule has 0 heterocycles. The third kappa shape index (κ3) is 3.58. The third-order valence-electron chi connectivity index (χ3n) is 3.18. The fraction of sp³-hybridized carbons (Fsp3) is 0.294. The number of rotatable bonds is 5. The molecule has 0 radical (unpaired) electrons. The summed E-state index contributed by atoms with van der Waals surface area (Å²) < 4.78 is 5.75. The van der Waals surface area contributed by atoms with Crippen molar-refractivity contribution < 1.29 is 9.84 Å². The van der Waals surface area contributed by atoms with Crippen LogP contribution < -0.4 is 4.74 Å². The largest absolute Gasteiger partial charge is 0.489 e. The molecular weight excluding hydrogens is 236 g/mol. The summed E-state index contributed by atoms with van der Waals surface area (Å²) in [5.74, 6) is 1.29. The summed E-state index contributed by atoms with van der Waals surface area (Å²) in [4.78, 5) is 0. The van der Waals surface area contributed by atoms with Crippen molar-refractivity contribution >= 4 is 0 Å². The molecule has 0 aromatic heterocycles. The van der Waals surface area contributed by atoms with Gasteiger partial charge in [-0.15, -0.1) is 0 Å². The van der Waals surface area contributed by atoms with Crippen LogP contribution in [-0.4, -0.2) is 5.11 Å². The van der Waals surface area contributed by atoms with E-state index in [2.05, 4.69) is 38.1 Å². The summed E-state index contributed by atoms with van der Waals surface area (Å²) in [6.45, 7) is 4.89. The molecule has 0 saturated heterocycles. The lowest BCUT2D eigenvalue weighted by Gasteiger charge is -2.11. The Labute approximate surface area is 114 Å². The van der Waals surface area contributed by atoms with Crippen LogP contribution in [0, 0.1) is 0 Å². The zero-order valence-corrected chi connectivity index (χ0v) is 11.5. The Kier molecular flexibility index (Phi) is 4.58. The minimum absolute atomic E-state index is 0.00244. The van der Waals surface area contributed by atoms with E-state index >= 15 is 0 Å². The molecule has 100 valence electrons. The average molecular weight is 256 g/mol. The Morgan fingerprint density at radius 2 is 1.68 bits per heavy atom. The first-order valence-corrected chi connectivity index (χ1v) is 6.61. The first-order valence-electron chi connectivity index (χ1n) is 6.61. The van der Waals surface area contributed by atoms with Crippen molar-refractivity contribution in [1.82, 2.24) is 0 Å². The standard InChI is InChI=1S/C17H20O2/c1-13(2)15-9-7-14(8-10-15)12-19-17-6-4-3-5-16(17)11-18/h3-10,13,18H,11-12H2,1-2H3. The second kappa shape index (κ2) is 6.39. The molecule has 0 saturated carbocycles. The van der Waals surface area contributed by atoms with E-state index < -0.39 is 0 Å². The van der Waals surface area contributed by atoms with E-state index in [0.29, 0.717) is 12.5 Å². The van der Waals surface area contributed by atoms with E-state index in [-0.39, 0.29) is 6.61 Å². The van der Waals surface area contributed by atoms with Crippen molar-refractivity contribution in [3.05, 3.63) is 65.2 Å². The number of hydrogen-bond donors (Lipinski definition) is 1. The normalized spacial score (nSPS) is 10.7. The number of benzene rings is 2. The van der Waals surface area contributed by atoms with Crippen molar-refractivity contribution in [2.75, 3.05) is 0 Å². The Bertz CT molecular complexity index is 515. The fourth-order valence-corrected chi connectivity index (χ4v) is 1.94. The van der Waals surface area contributed by atoms with Gasteiger partial charge < -0.3 is 9.84 Å². The van der Waals surface area contributed by atoms with Gasteiger partial charge in [0, 0.05) is 5.56 Å². The van der Waals surface area contributed by atoms with Crippen LogP contribution in [-0.2, 0) is 13.2 Å². The molecule has 2 nitrogen and oxygen atoms in total. The van der Waals surface area contributed by atoms with Gasteiger partial charge in [-0.05, 0) is 23.1 Å². The van der Waals surface area contributed by atoms with E-state index in [1.54, 1.807) is 0 Å². The van der Waals surface area contributed by atoms with Gasteiger partial charge in [0.1, 0.15) is 12.4 Å². The van der Waals surface area contributed by atoms with Crippen LogP contribution in [0.25, 0.3) is 0 Å². The van der Waals surface area contributed by atoms with Crippen LogP contribution >= 0.6 is 0 Å². The predicted octanol–water partition coefficient (Wildman–Crippen LogP) is 3.88. The van der Waals surface area contributed by atoms with Crippen molar-refractivity contribution in [3.8, 4) is 5.75 Å². The topological polar surface area (TPSA) is 29.5 Å². The van der Waals surface area contributed by atoms with Crippen LogP contribution in [0.3, 0.4) is 0 Å². The zero-order chi connectivity index (χ0) is 13.7. The van der Waals surface area contributed by atoms with Crippen LogP contribution in [0.15, 0.2) is 48.5 Å². The lowest BCUT2D eigenvalue weighted by Crippen LogP contribution is -1.99. The molecule has 0 unspecified atom stereocenters. The Morgan fingerprint density at radius 1 is 1.00 bits per heavy atom. The highest BCUT2D eigenvalue weighted by molar-refractivity contribution is 5.33. The van der Waals surface area contributed by atoms with Gasteiger partial charge in [-0.2, -0.15) is 0 Å². The SMILES string of the molecule is CC(C)c1ccc(COc2ccccc2CO)cc1. The van der Waals surface area contributed by atoms with Crippen LogP contribution in [0.5, 0.6) is 5.75 Å². The molecule has 1 N–H and O–H groups in total. The summed E-state index contributed by atoms with van der Waals surface area (Å²) in [5.41, 5.74) is 3.29. The number of aliphatic hydroxyl groups excluding tert-OH is 1. The highest BCUT2D eigenvalue weighted by atomic mass is 16.5. The molecule has 0 amide bonds. The molecule has 0 aliphatic carbocycles. The van der Waals surface area contributed by atoms with E-state index in [9.17, 15) is 5.11 Å². The third-order valence-corrected chi connectivity index (χ3v) is 3.18. The lowest BCUT2D eigenvalue weighted by atomic mass is 10.0. The van der Waals surface area contributed by atoms with Gasteiger partial charge in [-0.1, -0.05) is 56.3 Å². The summed E-state index contributed by atoms with van der Waals surface area (Å²) in [6.07, 6.45) is 0. The molecule has 2 rings (SSSR count). The van der Waals surface area contributed by atoms with E-state index in [4.69, 9.17) is 4.74 Å². The maximum Gasteiger partial charge on any atom is 0.125 e. The minimum Gasteiger partial charge on any atom is -0.489 e. The van der Waals surface area contributed by atoms with Crippen LogP contribution in [0.1, 0.15) is 36.5 Å². The molecule has 0 aliphatic rings. The van der Waals surface area contributed by atoms with Crippen molar-refractivity contribution in [2.24, 2.45) is 0 Å². The van der Waals surface area contributed by atoms with Crippen molar-refractivity contribution in [2.45, 2.75) is 33.0 Å². The summed E-state index contributed by atoms with van der Waals surface area (Å²) in [6, 6.07) is 16.0. The second-order valence-corrected chi connectivity index (χ2v) is 4.95. The first-order chi connectivity index (χ1) is 9.20. The molecule has 0 spiro atoms. The predicted molar refractivity (Wildman–Crippen MR) is 77.2 cm³/mol. The Balaban J connectivity index is 2.02. The molecule has 2 heteroatoms. The van der Waals surface area contributed by atoms with Gasteiger partial charge in [0.2, 0.25) is 0 Å². The highest BCUT2D eigenvalue weighted by Crippen LogP contribution is 2.20. The van der Waals surface area contributed by atoms with Gasteiger partial charge in [0.15, 0.2) is 0 Å². The fourth-order valence-electron chi connectivity index (χ4n) is 1.94. The molecule has 2 aromatic rings. The smallest absolute Gasteiger partial charge is 0.125 e. The summed E-state index contributed by atoms with van der Waals surface area (Å²) in [5, 5.41) is 9.23. The van der Waals surface area contributed by atoms with Gasteiger partial charge >= 0.3 is 0 Å². The van der Waals surface area contributed by atoms with Crippen molar-refractivity contribution in [3.63, 3.8) is 0 Å². The Hall–Kier alpha value is -1.80. The molecule has 0 aliphatic heterocycles. The Morgan fingerprint density at radius 3 is 2.32 bits per heavy atom. The van der Waals surface area contributed by atoms with Crippen LogP contribution in [0.2, 0.25) is 0 Å². The molecular formula is C17H20O2. The van der Waals surface area contributed by atoms with E-state index in [0.717, 1.165) is 16.9 Å². The zero-order valence-electron chi connectivity index (χ0n) is 11.5. The number of hydrogen-bond acceptors (Lipinski definition) is 2. The molecule has 2 aromatic carbocycles. The number of ether oxygens (including phenoxy) is 1. The average Bonchev–Trinajstić information content (AvgIpc) is 2.45. The maximum atomic E-state index is 9.23. The molecule has 0 atom stereocenters. The minimum atomic E-state index is 0.00244. The monoisotopic (exact) mass is 256 g/mol. The van der Waals surface area contributed by atoms with E-state index in [1.807, 2.05) is 24.3 Å². The molecule has 0 fully saturated rings. The molecule has 0 bridgehead atoms. The lowest BCUT2D eigenvalue weighted by molar-refractivity contribution is 0.259. The second-order valence-electron chi connectivity index (χ2n) is 4.95. The van der Waals surface area contributed by atoms with Gasteiger partial charge in [0.05, 0.1) is 6.61 Å². The van der Waals surface area contributed by atoms with Crippen LogP contribution in [0.4, 0.5) is 0 Å². The van der Waals surface area contributed by atoms with Gasteiger partial charge in [-0.3, -0.25) is 0 Å². The van der Waals surface area contributed by atoms with E-state index in [1.165, 1.54) is 5.56 Å². The van der Waals surface area contributed by atoms with Gasteiger partial charge in [-0.25, -0.2) is 0 Å². The maximum absolute atomic E-state index is 9.23. The summed E-state index contributed by atoms with van der Waals surface area (Å²) >= 11 is 0. The van der Waals surface area contributed by atoms with Gasteiger partial charge in [0.25, 0.3) is 0 Å². The van der Waals surface area contributed by atoms with Crippen molar-refractivity contribution in [1.29, 1.82) is 0 Å². The summed E-state index contributed by atoms with van der Waals surface area (Å²) in [7, 11) is 0. The first kappa shape index (κ1) is 13.6. The quantitative estimate of drug-likeness (QED) is 0.879.